The molecule has 0 aliphatic carbocycles. The number of nitrogens with zero attached hydrogens (tertiary/aromatic N) is 4. The van der Waals surface area contributed by atoms with E-state index >= 15 is 0 Å². The maximum absolute atomic E-state index is 13.5. The van der Waals surface area contributed by atoms with Crippen LogP contribution in [-0.4, -0.2) is 91.4 Å². The molecule has 2 aliphatic heterocycles. The van der Waals surface area contributed by atoms with Crippen LogP contribution in [0, 0.1) is 5.82 Å². The van der Waals surface area contributed by atoms with Gasteiger partial charge in [-0.3, -0.25) is 9.78 Å². The number of pyridine rings is 1. The molecule has 3 amide bonds. The lowest BCUT2D eigenvalue weighted by Gasteiger charge is -2.41. The van der Waals surface area contributed by atoms with Crippen LogP contribution in [0.4, 0.5) is 9.18 Å². The Kier molecular flexibility index (Phi) is 6.58. The number of amides is 3. The molecule has 10 nitrogen and oxygen atoms in total. The minimum absolute atomic E-state index is 0.0856. The number of carbonyl (C=O) groups is 2. The number of hydrogen-bond acceptors (Lipinski definition) is 6. The van der Waals surface area contributed by atoms with Crippen molar-refractivity contribution in [2.24, 2.45) is 5.73 Å². The van der Waals surface area contributed by atoms with Crippen molar-refractivity contribution in [1.29, 1.82) is 0 Å². The summed E-state index contributed by atoms with van der Waals surface area (Å²) in [5, 5.41) is 0. The summed E-state index contributed by atoms with van der Waals surface area (Å²) in [5.74, 6) is -1.28. The largest absolute Gasteiger partial charge is 0.378 e. The highest BCUT2D eigenvalue weighted by atomic mass is 32.2. The SMILES string of the molecule is NC(=O)[C@H]1CN(C(=O)N2CCOCC2)CCN1S(=O)(=O)c1ccc(-c2cccc(F)c2)nc1. The number of ether oxygens (including phenoxy) is 1. The highest BCUT2D eigenvalue weighted by molar-refractivity contribution is 7.89. The number of nitrogens with two attached hydrogens (primary N) is 1. The molecule has 2 N–H and O–H groups in total. The summed E-state index contributed by atoms with van der Waals surface area (Å²) in [6, 6.07) is 7.13. The number of piperazine rings is 1. The van der Waals surface area contributed by atoms with Crippen molar-refractivity contribution in [3.63, 3.8) is 0 Å². The molecule has 12 heteroatoms. The molecule has 1 atom stereocenters. The number of carbonyl (C=O) groups excluding carboxylic acids is 2. The third-order valence-electron chi connectivity index (χ3n) is 5.68. The van der Waals surface area contributed by atoms with E-state index in [4.69, 9.17) is 10.5 Å². The molecular formula is C21H24FN5O5S. The van der Waals surface area contributed by atoms with E-state index in [1.54, 1.807) is 11.0 Å². The lowest BCUT2D eigenvalue weighted by Crippen LogP contribution is -2.62. The molecule has 3 heterocycles. The molecule has 0 unspecified atom stereocenters. The zero-order valence-electron chi connectivity index (χ0n) is 17.8. The van der Waals surface area contributed by atoms with Gasteiger partial charge in [0.2, 0.25) is 15.9 Å². The van der Waals surface area contributed by atoms with Crippen LogP contribution in [-0.2, 0) is 19.6 Å². The van der Waals surface area contributed by atoms with Gasteiger partial charge in [0.25, 0.3) is 0 Å². The summed E-state index contributed by atoms with van der Waals surface area (Å²) in [5.41, 5.74) is 6.43. The van der Waals surface area contributed by atoms with E-state index in [-0.39, 0.29) is 30.6 Å². The Hall–Kier alpha value is -3.09. The van der Waals surface area contributed by atoms with E-state index in [9.17, 15) is 22.4 Å². The quantitative estimate of drug-likeness (QED) is 0.684. The van der Waals surface area contributed by atoms with Crippen LogP contribution in [0.3, 0.4) is 0 Å². The fraction of sp³-hybridized carbons (Fsp3) is 0.381. The molecule has 0 bridgehead atoms. The van der Waals surface area contributed by atoms with Crippen LogP contribution in [0.5, 0.6) is 0 Å². The van der Waals surface area contributed by atoms with Crippen molar-refractivity contribution in [3.05, 3.63) is 48.4 Å². The molecular weight excluding hydrogens is 453 g/mol. The van der Waals surface area contributed by atoms with Gasteiger partial charge in [0.05, 0.1) is 18.9 Å². The van der Waals surface area contributed by atoms with E-state index in [2.05, 4.69) is 4.98 Å². The van der Waals surface area contributed by atoms with Crippen molar-refractivity contribution in [3.8, 4) is 11.3 Å². The summed E-state index contributed by atoms with van der Waals surface area (Å²) in [6.45, 7) is 1.62. The fourth-order valence-electron chi connectivity index (χ4n) is 3.90. The lowest BCUT2D eigenvalue weighted by molar-refractivity contribution is -0.123. The zero-order valence-corrected chi connectivity index (χ0v) is 18.6. The van der Waals surface area contributed by atoms with Crippen molar-refractivity contribution >= 4 is 22.0 Å². The number of morpholine rings is 1. The Morgan fingerprint density at radius 2 is 1.82 bits per heavy atom. The number of primary amides is 1. The minimum Gasteiger partial charge on any atom is -0.378 e. The molecule has 0 radical (unpaired) electrons. The van der Waals surface area contributed by atoms with Gasteiger partial charge in [0.15, 0.2) is 0 Å². The number of sulfonamides is 1. The molecule has 176 valence electrons. The van der Waals surface area contributed by atoms with Crippen LogP contribution in [0.2, 0.25) is 0 Å². The summed E-state index contributed by atoms with van der Waals surface area (Å²) in [6.07, 6.45) is 1.17. The Morgan fingerprint density at radius 3 is 2.45 bits per heavy atom. The molecule has 1 aromatic heterocycles. The van der Waals surface area contributed by atoms with Crippen molar-refractivity contribution < 1.29 is 27.1 Å². The first-order chi connectivity index (χ1) is 15.8. The molecule has 2 saturated heterocycles. The first-order valence-corrected chi connectivity index (χ1v) is 11.9. The van der Waals surface area contributed by atoms with E-state index in [1.807, 2.05) is 0 Å². The van der Waals surface area contributed by atoms with Crippen LogP contribution in [0.1, 0.15) is 0 Å². The fourth-order valence-corrected chi connectivity index (χ4v) is 5.43. The predicted molar refractivity (Wildman–Crippen MR) is 116 cm³/mol. The Morgan fingerprint density at radius 1 is 1.06 bits per heavy atom. The Balaban J connectivity index is 1.53. The number of rotatable bonds is 4. The van der Waals surface area contributed by atoms with Gasteiger partial charge in [0.1, 0.15) is 16.8 Å². The molecule has 1 aromatic carbocycles. The smallest absolute Gasteiger partial charge is 0.320 e. The second-order valence-corrected chi connectivity index (χ2v) is 9.64. The first kappa shape index (κ1) is 23.1. The maximum Gasteiger partial charge on any atom is 0.320 e. The Bertz CT molecular complexity index is 1140. The van der Waals surface area contributed by atoms with Gasteiger partial charge in [-0.2, -0.15) is 4.31 Å². The predicted octanol–water partition coefficient (Wildman–Crippen LogP) is 0.500. The molecule has 2 aliphatic rings. The lowest BCUT2D eigenvalue weighted by atomic mass is 10.1. The van der Waals surface area contributed by atoms with Gasteiger partial charge in [-0.1, -0.05) is 12.1 Å². The molecule has 33 heavy (non-hydrogen) atoms. The highest BCUT2D eigenvalue weighted by Crippen LogP contribution is 2.24. The van der Waals surface area contributed by atoms with Crippen molar-refractivity contribution in [2.75, 3.05) is 45.9 Å². The highest BCUT2D eigenvalue weighted by Gasteiger charge is 2.41. The van der Waals surface area contributed by atoms with Gasteiger partial charge in [-0.25, -0.2) is 17.6 Å². The second-order valence-electron chi connectivity index (χ2n) is 7.75. The summed E-state index contributed by atoms with van der Waals surface area (Å²) in [4.78, 5) is 32.0. The molecule has 2 fully saturated rings. The standard InChI is InChI=1S/C21H24FN5O5S/c22-16-3-1-2-15(12-16)18-5-4-17(13-24-18)33(30,31)27-7-6-26(14-19(27)20(23)28)21(29)25-8-10-32-11-9-25/h1-5,12-13,19H,6-11,14H2,(H2,23,28)/t19-/m1/s1. The summed E-state index contributed by atoms with van der Waals surface area (Å²) < 4.78 is 46.3. The van der Waals surface area contributed by atoms with Crippen molar-refractivity contribution in [1.82, 2.24) is 19.1 Å². The van der Waals surface area contributed by atoms with Gasteiger partial charge in [-0.05, 0) is 24.3 Å². The van der Waals surface area contributed by atoms with Crippen LogP contribution < -0.4 is 5.73 Å². The van der Waals surface area contributed by atoms with Gasteiger partial charge >= 0.3 is 6.03 Å². The number of hydrogen-bond donors (Lipinski definition) is 1. The topological polar surface area (TPSA) is 126 Å². The molecule has 2 aromatic rings. The van der Waals surface area contributed by atoms with Crippen molar-refractivity contribution in [2.45, 2.75) is 10.9 Å². The average molecular weight is 478 g/mol. The summed E-state index contributed by atoms with van der Waals surface area (Å²) in [7, 11) is -4.11. The number of aromatic nitrogens is 1. The summed E-state index contributed by atoms with van der Waals surface area (Å²) >= 11 is 0. The van der Waals surface area contributed by atoms with Gasteiger partial charge in [0, 0.05) is 44.5 Å². The normalized spacial score (nSPS) is 20.0. The zero-order chi connectivity index (χ0) is 23.6. The number of benzene rings is 1. The third kappa shape index (κ3) is 4.82. The maximum atomic E-state index is 13.5. The van der Waals surface area contributed by atoms with Gasteiger partial charge in [-0.15, -0.1) is 0 Å². The van der Waals surface area contributed by atoms with E-state index in [0.29, 0.717) is 37.6 Å². The van der Waals surface area contributed by atoms with E-state index in [1.165, 1.54) is 41.4 Å². The van der Waals surface area contributed by atoms with E-state index < -0.39 is 27.8 Å². The average Bonchev–Trinajstić information content (AvgIpc) is 2.83. The number of halogens is 1. The van der Waals surface area contributed by atoms with Crippen LogP contribution in [0.15, 0.2) is 47.5 Å². The monoisotopic (exact) mass is 477 g/mol. The van der Waals surface area contributed by atoms with Gasteiger partial charge < -0.3 is 20.3 Å². The van der Waals surface area contributed by atoms with Crippen LogP contribution in [0.25, 0.3) is 11.3 Å². The molecule has 0 saturated carbocycles. The second kappa shape index (κ2) is 9.41. The van der Waals surface area contributed by atoms with Crippen LogP contribution >= 0.6 is 0 Å². The Labute approximate surface area is 190 Å². The minimum atomic E-state index is -4.11. The number of urea groups is 1. The first-order valence-electron chi connectivity index (χ1n) is 10.4. The molecule has 4 rings (SSSR count). The van der Waals surface area contributed by atoms with E-state index in [0.717, 1.165) is 4.31 Å². The third-order valence-corrected chi connectivity index (χ3v) is 7.57. The molecule has 0 spiro atoms.